The van der Waals surface area contributed by atoms with Crippen LogP contribution in [0, 0.1) is 34.0 Å². The quantitative estimate of drug-likeness (QED) is 0.233. The first-order valence-corrected chi connectivity index (χ1v) is 14.3. The third kappa shape index (κ3) is 4.26. The van der Waals surface area contributed by atoms with Crippen molar-refractivity contribution in [2.24, 2.45) is 39.7 Å². The summed E-state index contributed by atoms with van der Waals surface area (Å²) in [6, 6.07) is 3.37. The van der Waals surface area contributed by atoms with Gasteiger partial charge in [-0.05, 0) is 71.7 Å². The number of benzene rings is 1. The minimum Gasteiger partial charge on any atom is -0.482 e. The van der Waals surface area contributed by atoms with Gasteiger partial charge in [-0.15, -0.1) is 6.58 Å². The molecule has 40 heavy (non-hydrogen) atoms. The Balaban J connectivity index is 1.45. The smallest absolute Gasteiger partial charge is 0.482 e. The molecule has 0 unspecified atom stereocenters. The van der Waals surface area contributed by atoms with Crippen LogP contribution in [0.3, 0.4) is 0 Å². The molecule has 3 fully saturated rings. The first-order valence-electron chi connectivity index (χ1n) is 14.3. The maximum absolute atomic E-state index is 13.6. The number of hydrogen-bond acceptors (Lipinski definition) is 9. The van der Waals surface area contributed by atoms with E-state index in [1.807, 2.05) is 20.8 Å². The first kappa shape index (κ1) is 29.3. The average Bonchev–Trinajstić information content (AvgIpc) is 3.44. The molecule has 9 nitrogen and oxygen atoms in total. The predicted octanol–water partition coefficient (Wildman–Crippen LogP) is 1.62. The molecule has 0 aromatic heterocycles. The zero-order valence-corrected chi connectivity index (χ0v) is 23.9. The van der Waals surface area contributed by atoms with E-state index in [1.54, 1.807) is 18.2 Å². The molecule has 3 aliphatic carbocycles. The monoisotopic (exact) mass is 555 g/mol. The highest BCUT2D eigenvalue weighted by atomic mass is 16.6. The fourth-order valence-corrected chi connectivity index (χ4v) is 8.46. The molecule has 0 radical (unpaired) electrons. The van der Waals surface area contributed by atoms with Crippen LogP contribution in [0.2, 0.25) is 0 Å². The van der Waals surface area contributed by atoms with Crippen molar-refractivity contribution in [3.05, 3.63) is 35.9 Å². The third-order valence-corrected chi connectivity index (χ3v) is 11.2. The molecule has 0 spiro atoms. The number of aliphatic hydroxyl groups excluding tert-OH is 2. The second-order valence-corrected chi connectivity index (χ2v) is 13.0. The Morgan fingerprint density at radius 1 is 1.27 bits per heavy atom. The largest absolute Gasteiger partial charge is 0.491 e. The molecule has 218 valence electrons. The molecular formula is C30H42BNO8. The number of ether oxygens (including phenoxy) is 2. The molecule has 4 aliphatic rings. The van der Waals surface area contributed by atoms with Crippen LogP contribution < -0.4 is 15.9 Å². The lowest BCUT2D eigenvalue weighted by molar-refractivity contribution is -0.207. The highest BCUT2D eigenvalue weighted by Crippen LogP contribution is 2.68. The number of fused-ring (bicyclic) bond motifs is 1. The molecule has 2 bridgehead atoms. The Morgan fingerprint density at radius 3 is 2.67 bits per heavy atom. The molecule has 5 N–H and O–H groups in total. The van der Waals surface area contributed by atoms with Crippen molar-refractivity contribution in [3.63, 3.8) is 0 Å². The Hall–Kier alpha value is -2.24. The molecule has 5 rings (SSSR count). The van der Waals surface area contributed by atoms with Gasteiger partial charge in [-0.2, -0.15) is 0 Å². The number of nitrogens with two attached hydrogens (primary N) is 1. The van der Waals surface area contributed by atoms with Crippen LogP contribution in [0.1, 0.15) is 64.5 Å². The van der Waals surface area contributed by atoms with Gasteiger partial charge < -0.3 is 35.1 Å². The number of aliphatic hydroxyl groups is 2. The van der Waals surface area contributed by atoms with Gasteiger partial charge in [-0.1, -0.05) is 33.8 Å². The standard InChI is InChI=1S/C30H42BNO8/c1-6-28(4)12-23(40-24(34)15-38-19-9-18(13-32)20-14-39-31(37)21(20)10-19)29(5)16(2)7-8-30(17(3)27(28)36)11-22(33)25(35)26(29)30/h6,9-10,16-17,22-23,26-27,33,36-37H,1,7-8,11-15,32H2,2-5H3/t16-,17-,22-,23+,26-,27-,28+,29-,30-/m0/s1. The predicted molar refractivity (Wildman–Crippen MR) is 148 cm³/mol. The zero-order chi connectivity index (χ0) is 29.2. The molecule has 0 amide bonds. The van der Waals surface area contributed by atoms with Gasteiger partial charge in [0.1, 0.15) is 18.0 Å². The van der Waals surface area contributed by atoms with E-state index in [2.05, 4.69) is 13.5 Å². The molecule has 1 aromatic carbocycles. The van der Waals surface area contributed by atoms with E-state index in [0.29, 0.717) is 24.1 Å². The van der Waals surface area contributed by atoms with Gasteiger partial charge in [0.2, 0.25) is 0 Å². The van der Waals surface area contributed by atoms with E-state index in [0.717, 1.165) is 17.5 Å². The van der Waals surface area contributed by atoms with Gasteiger partial charge in [0, 0.05) is 23.3 Å². The van der Waals surface area contributed by atoms with Gasteiger partial charge in [0.15, 0.2) is 12.4 Å². The maximum atomic E-state index is 13.6. The fourth-order valence-electron chi connectivity index (χ4n) is 8.46. The van der Waals surface area contributed by atoms with Crippen molar-refractivity contribution in [1.29, 1.82) is 0 Å². The fraction of sp³-hybridized carbons (Fsp3) is 0.667. The summed E-state index contributed by atoms with van der Waals surface area (Å²) in [5.41, 5.74) is 5.88. The molecule has 1 aliphatic heterocycles. The lowest BCUT2D eigenvalue weighted by Crippen LogP contribution is -2.63. The van der Waals surface area contributed by atoms with Crippen LogP contribution in [0.25, 0.3) is 0 Å². The Kier molecular flexibility index (Phi) is 7.49. The number of ketones is 1. The van der Waals surface area contributed by atoms with E-state index in [4.69, 9.17) is 19.9 Å². The Bertz CT molecular complexity index is 1210. The highest BCUT2D eigenvalue weighted by molar-refractivity contribution is 6.61. The summed E-state index contributed by atoms with van der Waals surface area (Å²) in [4.78, 5) is 27.0. The second-order valence-electron chi connectivity index (χ2n) is 13.0. The topological polar surface area (TPSA) is 149 Å². The summed E-state index contributed by atoms with van der Waals surface area (Å²) in [7, 11) is -1.08. The number of rotatable bonds is 6. The molecule has 3 saturated carbocycles. The molecule has 0 saturated heterocycles. The number of hydrogen-bond donors (Lipinski definition) is 4. The summed E-state index contributed by atoms with van der Waals surface area (Å²) in [6.45, 7) is 12.1. The number of Topliss-reactive ketones (excluding diaryl/α,β-unsaturated/α-hetero) is 1. The molecule has 1 aromatic rings. The van der Waals surface area contributed by atoms with Crippen LogP contribution in [-0.2, 0) is 32.1 Å². The normalized spacial score (nSPS) is 40.6. The van der Waals surface area contributed by atoms with Crippen LogP contribution >= 0.6 is 0 Å². The third-order valence-electron chi connectivity index (χ3n) is 11.2. The second kappa shape index (κ2) is 10.2. The SMILES string of the molecule is C=C[C@]1(C)C[C@@H](OC(=O)COc2cc(CN)c3c(c2)B(O)OC3)[C@@]2(C)[C@@H]3C(=O)[C@@H](O)C[C@@]3(CC[C@@H]2C)[C@@H](C)[C@@H]1O. The average molecular weight is 555 g/mol. The molecule has 10 heteroatoms. The molecule has 1 heterocycles. The molecular weight excluding hydrogens is 513 g/mol. The van der Waals surface area contributed by atoms with Gasteiger partial charge >= 0.3 is 13.1 Å². The van der Waals surface area contributed by atoms with E-state index < -0.39 is 60.2 Å². The van der Waals surface area contributed by atoms with Crippen LogP contribution in [0.15, 0.2) is 24.8 Å². The van der Waals surface area contributed by atoms with Crippen molar-refractivity contribution in [2.75, 3.05) is 6.61 Å². The van der Waals surface area contributed by atoms with Gasteiger partial charge in [-0.3, -0.25) is 4.79 Å². The minimum absolute atomic E-state index is 0.0282. The van der Waals surface area contributed by atoms with Crippen molar-refractivity contribution in [3.8, 4) is 5.75 Å². The van der Waals surface area contributed by atoms with Crippen molar-refractivity contribution >= 4 is 24.3 Å². The number of carbonyl (C=O) groups excluding carboxylic acids is 2. The van der Waals surface area contributed by atoms with Gasteiger partial charge in [0.25, 0.3) is 0 Å². The van der Waals surface area contributed by atoms with Crippen LogP contribution in [0.5, 0.6) is 5.75 Å². The summed E-state index contributed by atoms with van der Waals surface area (Å²) >= 11 is 0. The van der Waals surface area contributed by atoms with E-state index >= 15 is 0 Å². The van der Waals surface area contributed by atoms with Crippen molar-refractivity contribution < 1.29 is 39.0 Å². The Morgan fingerprint density at radius 2 is 2.00 bits per heavy atom. The first-order chi connectivity index (χ1) is 18.8. The summed E-state index contributed by atoms with van der Waals surface area (Å²) < 4.78 is 17.3. The van der Waals surface area contributed by atoms with Crippen LogP contribution in [0.4, 0.5) is 0 Å². The van der Waals surface area contributed by atoms with Gasteiger partial charge in [0.05, 0.1) is 12.7 Å². The lowest BCUT2D eigenvalue weighted by Gasteiger charge is -2.61. The van der Waals surface area contributed by atoms with Gasteiger partial charge in [-0.25, -0.2) is 4.79 Å². The minimum atomic E-state index is -1.10. The maximum Gasteiger partial charge on any atom is 0.491 e. The number of carbonyl (C=O) groups is 2. The van der Waals surface area contributed by atoms with Crippen LogP contribution in [-0.4, -0.2) is 59.0 Å². The highest BCUT2D eigenvalue weighted by Gasteiger charge is 2.70. The summed E-state index contributed by atoms with van der Waals surface area (Å²) in [5, 5.41) is 32.6. The van der Waals surface area contributed by atoms with E-state index in [9.17, 15) is 24.8 Å². The van der Waals surface area contributed by atoms with E-state index in [1.165, 1.54) is 0 Å². The Labute approximate surface area is 236 Å². The molecule has 9 atom stereocenters. The summed E-state index contributed by atoms with van der Waals surface area (Å²) in [5.74, 6) is -1.25. The number of esters is 1. The van der Waals surface area contributed by atoms with Crippen molar-refractivity contribution in [1.82, 2.24) is 0 Å². The lowest BCUT2D eigenvalue weighted by atomic mass is 9.44. The van der Waals surface area contributed by atoms with Crippen molar-refractivity contribution in [2.45, 2.75) is 84.8 Å². The van der Waals surface area contributed by atoms with E-state index in [-0.39, 0.29) is 37.2 Å². The zero-order valence-electron chi connectivity index (χ0n) is 23.9. The summed E-state index contributed by atoms with van der Waals surface area (Å²) in [6.07, 6.45) is 1.15.